The molecule has 3 N–H and O–H groups in total. The van der Waals surface area contributed by atoms with E-state index in [0.29, 0.717) is 13.1 Å². The molecule has 0 spiro atoms. The monoisotopic (exact) mass is 252 g/mol. The Morgan fingerprint density at radius 1 is 1.38 bits per heavy atom. The van der Waals surface area contributed by atoms with Gasteiger partial charge in [0.25, 0.3) is 10.2 Å². The lowest BCUT2D eigenvalue weighted by Crippen LogP contribution is -2.51. The van der Waals surface area contributed by atoms with Crippen molar-refractivity contribution in [3.63, 3.8) is 0 Å². The summed E-state index contributed by atoms with van der Waals surface area (Å²) in [4.78, 5) is 10.7. The van der Waals surface area contributed by atoms with Gasteiger partial charge in [0, 0.05) is 13.1 Å². The van der Waals surface area contributed by atoms with Crippen molar-refractivity contribution in [3.05, 3.63) is 0 Å². The van der Waals surface area contributed by atoms with E-state index in [9.17, 15) is 13.2 Å². The third kappa shape index (κ3) is 3.14. The Morgan fingerprint density at radius 2 is 1.88 bits per heavy atom. The second kappa shape index (κ2) is 5.09. The quantitative estimate of drug-likeness (QED) is 0.567. The second-order valence-electron chi connectivity index (χ2n) is 3.79. The molecule has 0 aliphatic carbocycles. The molecule has 1 rings (SSSR count). The first kappa shape index (κ1) is 13.4. The molecule has 0 aromatic carbocycles. The Labute approximate surface area is 94.2 Å². The fraction of sp³-hybridized carbons (Fsp3) is 0.875. The summed E-state index contributed by atoms with van der Waals surface area (Å²) in [6, 6.07) is -1.51. The van der Waals surface area contributed by atoms with Gasteiger partial charge in [-0.3, -0.25) is 4.79 Å². The minimum absolute atomic E-state index is 0.390. The highest BCUT2D eigenvalue weighted by atomic mass is 32.2. The molecule has 0 aromatic heterocycles. The van der Waals surface area contributed by atoms with E-state index < -0.39 is 28.3 Å². The number of aliphatic carboxylic acids is 1. The van der Waals surface area contributed by atoms with E-state index in [1.165, 1.54) is 11.2 Å². The zero-order valence-electron chi connectivity index (χ0n) is 8.96. The Bertz CT molecular complexity index is 347. The highest BCUT2D eigenvalue weighted by molar-refractivity contribution is 7.87. The fourth-order valence-corrected chi connectivity index (χ4v) is 3.03. The van der Waals surface area contributed by atoms with Gasteiger partial charge in [0.15, 0.2) is 0 Å². The number of hydrogen-bond donors (Lipinski definition) is 3. The van der Waals surface area contributed by atoms with Crippen molar-refractivity contribution in [1.82, 2.24) is 9.03 Å². The maximum Gasteiger partial charge on any atom is 0.324 e. The van der Waals surface area contributed by atoms with Crippen LogP contribution in [0.2, 0.25) is 0 Å². The van der Waals surface area contributed by atoms with E-state index in [2.05, 4.69) is 0 Å². The van der Waals surface area contributed by atoms with Crippen molar-refractivity contribution < 1.29 is 23.4 Å². The molecule has 1 heterocycles. The molecular formula is C8H16N2O5S. The lowest BCUT2D eigenvalue weighted by Gasteiger charge is -2.21. The molecule has 0 amide bonds. The van der Waals surface area contributed by atoms with Crippen molar-refractivity contribution >= 4 is 16.2 Å². The third-order valence-electron chi connectivity index (χ3n) is 2.43. The van der Waals surface area contributed by atoms with Crippen molar-refractivity contribution in [3.8, 4) is 0 Å². The second-order valence-corrected chi connectivity index (χ2v) is 5.49. The highest BCUT2D eigenvalue weighted by Gasteiger charge is 2.32. The molecule has 16 heavy (non-hydrogen) atoms. The van der Waals surface area contributed by atoms with Crippen LogP contribution in [-0.4, -0.2) is 54.1 Å². The van der Waals surface area contributed by atoms with E-state index in [4.69, 9.17) is 10.2 Å². The molecule has 0 aromatic rings. The first-order chi connectivity index (χ1) is 7.34. The predicted molar refractivity (Wildman–Crippen MR) is 56.0 cm³/mol. The van der Waals surface area contributed by atoms with E-state index in [0.717, 1.165) is 12.8 Å². The maximum absolute atomic E-state index is 11.7. The Hall–Kier alpha value is -0.700. The van der Waals surface area contributed by atoms with Crippen LogP contribution in [0.15, 0.2) is 0 Å². The van der Waals surface area contributed by atoms with Crippen LogP contribution in [0.25, 0.3) is 0 Å². The van der Waals surface area contributed by atoms with Crippen LogP contribution in [0.4, 0.5) is 0 Å². The Morgan fingerprint density at radius 3 is 2.25 bits per heavy atom. The topological polar surface area (TPSA) is 107 Å². The van der Waals surface area contributed by atoms with Crippen molar-refractivity contribution in [2.24, 2.45) is 0 Å². The molecule has 1 fully saturated rings. The SMILES string of the molecule is C[C@@H](O)[C@H](NS(=O)(=O)N1CCCC1)C(=O)O. The number of carboxylic acids is 1. The number of carboxylic acid groups (broad SMARTS) is 1. The lowest BCUT2D eigenvalue weighted by atomic mass is 10.2. The molecule has 1 aliphatic rings. The van der Waals surface area contributed by atoms with Gasteiger partial charge in [0.2, 0.25) is 0 Å². The number of aliphatic hydroxyl groups is 1. The minimum atomic E-state index is -3.81. The van der Waals surface area contributed by atoms with Crippen molar-refractivity contribution in [2.45, 2.75) is 31.9 Å². The van der Waals surface area contributed by atoms with Gasteiger partial charge in [0.1, 0.15) is 6.04 Å². The highest BCUT2D eigenvalue weighted by Crippen LogP contribution is 2.12. The Balaban J connectivity index is 2.73. The van der Waals surface area contributed by atoms with Crippen LogP contribution in [0.3, 0.4) is 0 Å². The van der Waals surface area contributed by atoms with Crippen LogP contribution in [-0.2, 0) is 15.0 Å². The standard InChI is InChI=1S/C8H16N2O5S/c1-6(11)7(8(12)13)9-16(14,15)10-4-2-3-5-10/h6-7,9,11H,2-5H2,1H3,(H,12,13)/t6-,7+/m1/s1. The molecule has 7 nitrogen and oxygen atoms in total. The summed E-state index contributed by atoms with van der Waals surface area (Å²) in [7, 11) is -3.81. The van der Waals surface area contributed by atoms with E-state index in [1.807, 2.05) is 4.72 Å². The van der Waals surface area contributed by atoms with Crippen LogP contribution < -0.4 is 4.72 Å². The molecule has 1 saturated heterocycles. The fourth-order valence-electron chi connectivity index (χ4n) is 1.52. The summed E-state index contributed by atoms with van der Waals surface area (Å²) >= 11 is 0. The first-order valence-corrected chi connectivity index (χ1v) is 6.47. The van der Waals surface area contributed by atoms with Crippen LogP contribution in [0.1, 0.15) is 19.8 Å². The number of nitrogens with zero attached hydrogens (tertiary/aromatic N) is 1. The summed E-state index contributed by atoms with van der Waals surface area (Å²) in [6.45, 7) is 2.01. The molecule has 2 atom stereocenters. The maximum atomic E-state index is 11.7. The predicted octanol–water partition coefficient (Wildman–Crippen LogP) is -1.25. The van der Waals surface area contributed by atoms with Crippen LogP contribution in [0.5, 0.6) is 0 Å². The van der Waals surface area contributed by atoms with Crippen molar-refractivity contribution in [1.29, 1.82) is 0 Å². The van der Waals surface area contributed by atoms with E-state index >= 15 is 0 Å². The molecular weight excluding hydrogens is 236 g/mol. The summed E-state index contributed by atoms with van der Waals surface area (Å²) in [5.41, 5.74) is 0. The average molecular weight is 252 g/mol. The molecule has 1 aliphatic heterocycles. The number of aliphatic hydroxyl groups excluding tert-OH is 1. The average Bonchev–Trinajstić information content (AvgIpc) is 2.66. The number of carbonyl (C=O) groups is 1. The molecule has 94 valence electrons. The minimum Gasteiger partial charge on any atom is -0.480 e. The van der Waals surface area contributed by atoms with E-state index in [-0.39, 0.29) is 0 Å². The molecule has 8 heteroatoms. The molecule has 0 radical (unpaired) electrons. The molecule has 0 saturated carbocycles. The Kier molecular flexibility index (Phi) is 4.25. The van der Waals surface area contributed by atoms with E-state index in [1.54, 1.807) is 0 Å². The van der Waals surface area contributed by atoms with Gasteiger partial charge in [-0.15, -0.1) is 0 Å². The van der Waals surface area contributed by atoms with Crippen LogP contribution >= 0.6 is 0 Å². The number of nitrogens with one attached hydrogen (secondary N) is 1. The zero-order chi connectivity index (χ0) is 12.3. The summed E-state index contributed by atoms with van der Waals surface area (Å²) < 4.78 is 26.6. The third-order valence-corrected chi connectivity index (χ3v) is 4.03. The van der Waals surface area contributed by atoms with Gasteiger partial charge in [-0.05, 0) is 19.8 Å². The molecule has 0 unspecified atom stereocenters. The van der Waals surface area contributed by atoms with Crippen molar-refractivity contribution in [2.75, 3.05) is 13.1 Å². The number of rotatable bonds is 5. The number of hydrogen-bond acceptors (Lipinski definition) is 4. The summed E-state index contributed by atoms with van der Waals surface area (Å²) in [5.74, 6) is -1.39. The van der Waals surface area contributed by atoms with Gasteiger partial charge in [0.05, 0.1) is 6.10 Å². The van der Waals surface area contributed by atoms with Gasteiger partial charge >= 0.3 is 5.97 Å². The lowest BCUT2D eigenvalue weighted by molar-refractivity contribution is -0.141. The molecule has 0 bridgehead atoms. The zero-order valence-corrected chi connectivity index (χ0v) is 9.77. The van der Waals surface area contributed by atoms with Crippen LogP contribution in [0, 0.1) is 0 Å². The largest absolute Gasteiger partial charge is 0.480 e. The first-order valence-electron chi connectivity index (χ1n) is 5.03. The normalized spacial score (nSPS) is 21.9. The smallest absolute Gasteiger partial charge is 0.324 e. The van der Waals surface area contributed by atoms with Gasteiger partial charge in [-0.1, -0.05) is 0 Å². The summed E-state index contributed by atoms with van der Waals surface area (Å²) in [6.07, 6.45) is 0.260. The summed E-state index contributed by atoms with van der Waals surface area (Å²) in [5, 5.41) is 17.9. The van der Waals surface area contributed by atoms with Gasteiger partial charge in [-0.2, -0.15) is 17.4 Å². The van der Waals surface area contributed by atoms with Gasteiger partial charge < -0.3 is 10.2 Å². The van der Waals surface area contributed by atoms with Gasteiger partial charge in [-0.25, -0.2) is 0 Å².